The van der Waals surface area contributed by atoms with Crippen molar-refractivity contribution in [3.05, 3.63) is 70.5 Å². The highest BCUT2D eigenvalue weighted by molar-refractivity contribution is 7.99. The highest BCUT2D eigenvalue weighted by atomic mass is 35.5. The normalized spacial score (nSPS) is 20.2. The number of carboxylic acid groups (broad SMARTS) is 1. The van der Waals surface area contributed by atoms with Gasteiger partial charge in [0, 0.05) is 16.3 Å². The van der Waals surface area contributed by atoms with Gasteiger partial charge in [0.2, 0.25) is 0 Å². The Morgan fingerprint density at radius 3 is 2.50 bits per heavy atom. The third-order valence-electron chi connectivity index (χ3n) is 3.78. The molecule has 7 heteroatoms. The summed E-state index contributed by atoms with van der Waals surface area (Å²) in [7, 11) is 0. The fourth-order valence-corrected chi connectivity index (χ4v) is 4.38. The summed E-state index contributed by atoms with van der Waals surface area (Å²) < 4.78 is 14.0. The van der Waals surface area contributed by atoms with Crippen molar-refractivity contribution in [3.63, 3.8) is 0 Å². The van der Waals surface area contributed by atoms with Crippen LogP contribution in [-0.2, 0) is 4.79 Å². The number of benzene rings is 2. The van der Waals surface area contributed by atoms with Gasteiger partial charge < -0.3 is 14.8 Å². The standard InChI is InChI=1S/C17H13ClFNO3S/c18-12-7-3-1-5-10(12)16-20(14(9-24-16)17(22)23)15(21)11-6-2-4-8-13(11)19/h1-8,14,16H,9H2,(H,22,23)/p-1/t14-,16+/m0/s1. The van der Waals surface area contributed by atoms with E-state index in [0.29, 0.717) is 10.6 Å². The molecule has 1 aliphatic heterocycles. The molecule has 0 radical (unpaired) electrons. The van der Waals surface area contributed by atoms with Crippen molar-refractivity contribution in [2.24, 2.45) is 0 Å². The first kappa shape index (κ1) is 16.8. The van der Waals surface area contributed by atoms with Crippen LogP contribution in [0.4, 0.5) is 4.39 Å². The average molecular weight is 365 g/mol. The Labute approximate surface area is 147 Å². The van der Waals surface area contributed by atoms with Crippen molar-refractivity contribution in [1.82, 2.24) is 4.90 Å². The Morgan fingerprint density at radius 1 is 1.17 bits per heavy atom. The number of rotatable bonds is 3. The molecule has 0 bridgehead atoms. The van der Waals surface area contributed by atoms with Crippen molar-refractivity contribution < 1.29 is 19.1 Å². The van der Waals surface area contributed by atoms with Crippen LogP contribution in [0.25, 0.3) is 0 Å². The lowest BCUT2D eigenvalue weighted by atomic mass is 10.1. The van der Waals surface area contributed by atoms with Gasteiger partial charge >= 0.3 is 0 Å². The Bertz CT molecular complexity index is 801. The zero-order chi connectivity index (χ0) is 17.3. The molecule has 124 valence electrons. The van der Waals surface area contributed by atoms with Gasteiger partial charge in [-0.15, -0.1) is 11.8 Å². The largest absolute Gasteiger partial charge is 0.548 e. The van der Waals surface area contributed by atoms with Gasteiger partial charge in [-0.1, -0.05) is 41.9 Å². The number of hydrogen-bond acceptors (Lipinski definition) is 4. The minimum absolute atomic E-state index is 0.151. The molecule has 1 aliphatic rings. The van der Waals surface area contributed by atoms with Gasteiger partial charge in [0.25, 0.3) is 5.91 Å². The fourth-order valence-electron chi connectivity index (χ4n) is 2.62. The number of nitrogens with zero attached hydrogens (tertiary/aromatic N) is 1. The lowest BCUT2D eigenvalue weighted by Gasteiger charge is -2.30. The first-order chi connectivity index (χ1) is 11.5. The second-order valence-corrected chi connectivity index (χ2v) is 6.75. The molecule has 24 heavy (non-hydrogen) atoms. The quantitative estimate of drug-likeness (QED) is 0.839. The molecule has 1 heterocycles. The number of carbonyl (C=O) groups is 2. The third kappa shape index (κ3) is 2.99. The van der Waals surface area contributed by atoms with Gasteiger partial charge in [-0.3, -0.25) is 4.79 Å². The van der Waals surface area contributed by atoms with E-state index < -0.39 is 29.1 Å². The first-order valence-corrected chi connectivity index (χ1v) is 8.57. The summed E-state index contributed by atoms with van der Waals surface area (Å²) >= 11 is 7.45. The lowest BCUT2D eigenvalue weighted by Crippen LogP contribution is -2.49. The van der Waals surface area contributed by atoms with E-state index in [1.165, 1.54) is 30.0 Å². The van der Waals surface area contributed by atoms with Crippen LogP contribution in [0.1, 0.15) is 21.3 Å². The van der Waals surface area contributed by atoms with E-state index in [0.717, 1.165) is 11.0 Å². The number of aliphatic carboxylic acids is 1. The van der Waals surface area contributed by atoms with E-state index in [1.807, 2.05) is 0 Å². The van der Waals surface area contributed by atoms with Gasteiger partial charge in [0.05, 0.1) is 17.6 Å². The summed E-state index contributed by atoms with van der Waals surface area (Å²) in [6, 6.07) is 11.2. The summed E-state index contributed by atoms with van der Waals surface area (Å²) in [4.78, 5) is 25.4. The average Bonchev–Trinajstić information content (AvgIpc) is 3.00. The summed E-state index contributed by atoms with van der Waals surface area (Å²) in [6.07, 6.45) is 0. The molecule has 0 spiro atoms. The molecule has 2 aromatic rings. The number of thioether (sulfide) groups is 1. The Balaban J connectivity index is 2.05. The van der Waals surface area contributed by atoms with Crippen molar-refractivity contribution in [2.75, 3.05) is 5.75 Å². The van der Waals surface area contributed by atoms with Gasteiger partial charge in [-0.25, -0.2) is 4.39 Å². The van der Waals surface area contributed by atoms with Gasteiger partial charge in [-0.05, 0) is 18.2 Å². The zero-order valence-corrected chi connectivity index (χ0v) is 13.9. The van der Waals surface area contributed by atoms with E-state index in [-0.39, 0.29) is 11.3 Å². The highest BCUT2D eigenvalue weighted by Gasteiger charge is 2.40. The van der Waals surface area contributed by atoms with Crippen LogP contribution in [0.15, 0.2) is 48.5 Å². The lowest BCUT2D eigenvalue weighted by molar-refractivity contribution is -0.310. The highest BCUT2D eigenvalue weighted by Crippen LogP contribution is 2.44. The van der Waals surface area contributed by atoms with Crippen LogP contribution in [0.5, 0.6) is 0 Å². The fraction of sp³-hybridized carbons (Fsp3) is 0.176. The second kappa shape index (κ2) is 6.83. The maximum atomic E-state index is 14.0. The molecule has 2 atom stereocenters. The van der Waals surface area contributed by atoms with Crippen LogP contribution >= 0.6 is 23.4 Å². The number of amides is 1. The molecule has 1 saturated heterocycles. The zero-order valence-electron chi connectivity index (χ0n) is 12.3. The Hall–Kier alpha value is -2.05. The van der Waals surface area contributed by atoms with E-state index in [4.69, 9.17) is 11.6 Å². The summed E-state index contributed by atoms with van der Waals surface area (Å²) in [5, 5.41) is 11.2. The van der Waals surface area contributed by atoms with Crippen molar-refractivity contribution >= 4 is 35.2 Å². The van der Waals surface area contributed by atoms with E-state index >= 15 is 0 Å². The third-order valence-corrected chi connectivity index (χ3v) is 5.43. The second-order valence-electron chi connectivity index (χ2n) is 5.23. The van der Waals surface area contributed by atoms with Crippen molar-refractivity contribution in [3.8, 4) is 0 Å². The molecule has 0 aliphatic carbocycles. The molecule has 0 saturated carbocycles. The number of hydrogen-bond donors (Lipinski definition) is 0. The predicted octanol–water partition coefficient (Wildman–Crippen LogP) is 2.49. The van der Waals surface area contributed by atoms with Gasteiger partial charge in [-0.2, -0.15) is 0 Å². The van der Waals surface area contributed by atoms with Crippen molar-refractivity contribution in [2.45, 2.75) is 11.4 Å². The van der Waals surface area contributed by atoms with Crippen LogP contribution in [0.3, 0.4) is 0 Å². The first-order valence-electron chi connectivity index (χ1n) is 7.15. The summed E-state index contributed by atoms with van der Waals surface area (Å²) in [5.41, 5.74) is 0.431. The molecule has 1 fully saturated rings. The van der Waals surface area contributed by atoms with E-state index in [9.17, 15) is 19.1 Å². The Morgan fingerprint density at radius 2 is 1.83 bits per heavy atom. The van der Waals surface area contributed by atoms with Crippen LogP contribution in [0, 0.1) is 5.82 Å². The minimum Gasteiger partial charge on any atom is -0.548 e. The maximum Gasteiger partial charge on any atom is 0.258 e. The van der Waals surface area contributed by atoms with Crippen molar-refractivity contribution in [1.29, 1.82) is 0 Å². The molecule has 0 N–H and O–H groups in total. The minimum atomic E-state index is -1.37. The summed E-state index contributed by atoms with van der Waals surface area (Å²) in [5.74, 6) is -2.62. The monoisotopic (exact) mass is 364 g/mol. The molecule has 2 aromatic carbocycles. The maximum absolute atomic E-state index is 14.0. The van der Waals surface area contributed by atoms with E-state index in [2.05, 4.69) is 0 Å². The van der Waals surface area contributed by atoms with Crippen LogP contribution < -0.4 is 5.11 Å². The molecule has 4 nitrogen and oxygen atoms in total. The van der Waals surface area contributed by atoms with Crippen LogP contribution in [0.2, 0.25) is 5.02 Å². The SMILES string of the molecule is O=C([O-])[C@@H]1CS[C@H](c2ccccc2Cl)N1C(=O)c1ccccc1F. The number of halogens is 2. The molecule has 0 aromatic heterocycles. The predicted molar refractivity (Wildman–Crippen MR) is 88.0 cm³/mol. The number of carboxylic acids is 1. The molecule has 0 unspecified atom stereocenters. The summed E-state index contributed by atoms with van der Waals surface area (Å²) in [6.45, 7) is 0. The molecular weight excluding hydrogens is 353 g/mol. The molecular formula is C17H12ClFNO3S-. The molecule has 3 rings (SSSR count). The molecule has 1 amide bonds. The Kier molecular flexibility index (Phi) is 4.78. The smallest absolute Gasteiger partial charge is 0.258 e. The number of carbonyl (C=O) groups excluding carboxylic acids is 2. The van der Waals surface area contributed by atoms with Gasteiger partial charge in [0.15, 0.2) is 0 Å². The van der Waals surface area contributed by atoms with Crippen LogP contribution in [-0.4, -0.2) is 28.6 Å². The topological polar surface area (TPSA) is 60.4 Å². The van der Waals surface area contributed by atoms with E-state index in [1.54, 1.807) is 24.3 Å². The van der Waals surface area contributed by atoms with Gasteiger partial charge in [0.1, 0.15) is 11.2 Å².